The second-order valence-corrected chi connectivity index (χ2v) is 9.70. The lowest BCUT2D eigenvalue weighted by molar-refractivity contribution is 0.0322. The Kier molecular flexibility index (Phi) is 8.91. The highest BCUT2D eigenvalue weighted by molar-refractivity contribution is 6.08. The van der Waals surface area contributed by atoms with Gasteiger partial charge in [-0.05, 0) is 44.2 Å². The first kappa shape index (κ1) is 28.3. The van der Waals surface area contributed by atoms with E-state index in [2.05, 4.69) is 20.2 Å². The van der Waals surface area contributed by atoms with Crippen LogP contribution in [0, 0.1) is 13.8 Å². The normalized spacial score (nSPS) is 13.7. The first-order chi connectivity index (χ1) is 20.0. The van der Waals surface area contributed by atoms with Crippen LogP contribution >= 0.6 is 0 Å². The molecule has 1 N–H and O–H groups in total. The van der Waals surface area contributed by atoms with Crippen molar-refractivity contribution < 1.29 is 14.3 Å². The van der Waals surface area contributed by atoms with Crippen LogP contribution in [0.15, 0.2) is 60.9 Å². The predicted octanol–water partition coefficient (Wildman–Crippen LogP) is 4.73. The molecule has 41 heavy (non-hydrogen) atoms. The third kappa shape index (κ3) is 6.39. The summed E-state index contributed by atoms with van der Waals surface area (Å²) < 4.78 is 15.0. The molecule has 5 aromatic rings. The number of hydrogen-bond donors (Lipinski definition) is 1. The number of pyridine rings is 2. The Balaban J connectivity index is 0.00000165. The van der Waals surface area contributed by atoms with Gasteiger partial charge in [-0.1, -0.05) is 26.0 Å². The molecule has 0 aliphatic carbocycles. The molecule has 4 aromatic heterocycles. The number of ether oxygens (including phenoxy) is 2. The first-order valence-electron chi connectivity index (χ1n) is 14.2. The number of imidazole rings is 1. The van der Waals surface area contributed by atoms with Crippen LogP contribution in [0.2, 0.25) is 0 Å². The largest absolute Gasteiger partial charge is 0.492 e. The molecule has 1 saturated heterocycles. The van der Waals surface area contributed by atoms with Gasteiger partial charge in [0.2, 0.25) is 0 Å². The molecule has 0 atom stereocenters. The van der Waals surface area contributed by atoms with E-state index < -0.39 is 0 Å². The third-order valence-corrected chi connectivity index (χ3v) is 6.96. The van der Waals surface area contributed by atoms with Gasteiger partial charge in [-0.3, -0.25) is 23.8 Å². The number of hydrogen-bond acceptors (Lipinski definition) is 7. The number of aromatic nitrogens is 5. The lowest BCUT2D eigenvalue weighted by Crippen LogP contribution is -2.38. The van der Waals surface area contributed by atoms with Crippen molar-refractivity contribution in [1.29, 1.82) is 0 Å². The molecule has 1 fully saturated rings. The summed E-state index contributed by atoms with van der Waals surface area (Å²) in [5.41, 5.74) is 5.47. The summed E-state index contributed by atoms with van der Waals surface area (Å²) in [5.74, 6) is 0.479. The summed E-state index contributed by atoms with van der Waals surface area (Å²) in [4.78, 5) is 24.7. The van der Waals surface area contributed by atoms with E-state index in [1.165, 1.54) is 0 Å². The van der Waals surface area contributed by atoms with Crippen molar-refractivity contribution >= 4 is 28.1 Å². The maximum absolute atomic E-state index is 13.4. The SMILES string of the molecule is CC.Cc1cccc(Cn2nc(C)c3c(NC(=O)c4cnc5cc(OCCN6CCOCC6)ccn45)cccc32)n1. The van der Waals surface area contributed by atoms with Crippen LogP contribution in [0.5, 0.6) is 5.75 Å². The topological polar surface area (TPSA) is 98.8 Å². The van der Waals surface area contributed by atoms with Crippen LogP contribution in [0.25, 0.3) is 16.6 Å². The molecule has 10 nitrogen and oxygen atoms in total. The lowest BCUT2D eigenvalue weighted by atomic mass is 10.1. The first-order valence-corrected chi connectivity index (χ1v) is 14.2. The molecule has 0 unspecified atom stereocenters. The molecule has 0 spiro atoms. The van der Waals surface area contributed by atoms with Gasteiger partial charge in [-0.15, -0.1) is 0 Å². The number of rotatable bonds is 8. The molecular weight excluding hydrogens is 518 g/mol. The summed E-state index contributed by atoms with van der Waals surface area (Å²) >= 11 is 0. The van der Waals surface area contributed by atoms with E-state index in [-0.39, 0.29) is 5.91 Å². The molecule has 0 bridgehead atoms. The zero-order valence-electron chi connectivity index (χ0n) is 24.1. The Morgan fingerprint density at radius 2 is 1.88 bits per heavy atom. The van der Waals surface area contributed by atoms with Crippen molar-refractivity contribution in [3.05, 3.63) is 83.7 Å². The Labute approximate surface area is 239 Å². The zero-order valence-corrected chi connectivity index (χ0v) is 24.1. The molecule has 5 heterocycles. The third-order valence-electron chi connectivity index (χ3n) is 6.96. The monoisotopic (exact) mass is 555 g/mol. The van der Waals surface area contributed by atoms with E-state index in [4.69, 9.17) is 14.6 Å². The van der Waals surface area contributed by atoms with Crippen LogP contribution < -0.4 is 10.1 Å². The Bertz CT molecular complexity index is 1640. The maximum Gasteiger partial charge on any atom is 0.274 e. The average Bonchev–Trinajstić information content (AvgIpc) is 3.56. The average molecular weight is 556 g/mol. The minimum atomic E-state index is -0.247. The van der Waals surface area contributed by atoms with Gasteiger partial charge in [0.25, 0.3) is 5.91 Å². The van der Waals surface area contributed by atoms with Gasteiger partial charge in [-0.2, -0.15) is 5.10 Å². The number of benzene rings is 1. The fraction of sp³-hybridized carbons (Fsp3) is 0.355. The lowest BCUT2D eigenvalue weighted by Gasteiger charge is -2.26. The second-order valence-electron chi connectivity index (χ2n) is 9.70. The van der Waals surface area contributed by atoms with Crippen LogP contribution in [-0.4, -0.2) is 74.4 Å². The second kappa shape index (κ2) is 12.9. The summed E-state index contributed by atoms with van der Waals surface area (Å²) in [6.07, 6.45) is 3.40. The van der Waals surface area contributed by atoms with Gasteiger partial charge in [0.1, 0.15) is 23.7 Å². The highest BCUT2D eigenvalue weighted by atomic mass is 16.5. The number of morpholine rings is 1. The molecule has 1 aliphatic rings. The molecule has 6 rings (SSSR count). The van der Waals surface area contributed by atoms with E-state index in [0.29, 0.717) is 30.2 Å². The molecule has 10 heteroatoms. The van der Waals surface area contributed by atoms with E-state index in [1.54, 1.807) is 10.6 Å². The fourth-order valence-electron chi connectivity index (χ4n) is 5.01. The molecule has 0 saturated carbocycles. The van der Waals surface area contributed by atoms with Crippen molar-refractivity contribution in [2.24, 2.45) is 0 Å². The van der Waals surface area contributed by atoms with Gasteiger partial charge in [-0.25, -0.2) is 4.98 Å². The Hall–Kier alpha value is -4.28. The van der Waals surface area contributed by atoms with Crippen molar-refractivity contribution in [2.45, 2.75) is 34.2 Å². The van der Waals surface area contributed by atoms with Gasteiger partial charge >= 0.3 is 0 Å². The van der Waals surface area contributed by atoms with Crippen LogP contribution in [0.3, 0.4) is 0 Å². The van der Waals surface area contributed by atoms with Crippen LogP contribution in [-0.2, 0) is 11.3 Å². The van der Waals surface area contributed by atoms with Crippen molar-refractivity contribution in [3.8, 4) is 5.75 Å². The number of fused-ring (bicyclic) bond motifs is 2. The van der Waals surface area contributed by atoms with Gasteiger partial charge in [0.05, 0.1) is 48.5 Å². The molecule has 0 radical (unpaired) electrons. The number of anilines is 1. The van der Waals surface area contributed by atoms with Gasteiger partial charge < -0.3 is 14.8 Å². The number of amides is 1. The van der Waals surface area contributed by atoms with Crippen LogP contribution in [0.1, 0.15) is 41.4 Å². The maximum atomic E-state index is 13.4. The number of nitrogens with one attached hydrogen (secondary N) is 1. The van der Waals surface area contributed by atoms with Crippen molar-refractivity contribution in [1.82, 2.24) is 29.0 Å². The fourth-order valence-corrected chi connectivity index (χ4v) is 5.01. The molecule has 1 amide bonds. The van der Waals surface area contributed by atoms with E-state index >= 15 is 0 Å². The van der Waals surface area contributed by atoms with Gasteiger partial charge in [0.15, 0.2) is 0 Å². The van der Waals surface area contributed by atoms with E-state index in [9.17, 15) is 4.79 Å². The molecule has 1 aromatic carbocycles. The summed E-state index contributed by atoms with van der Waals surface area (Å²) in [6.45, 7) is 13.3. The molecule has 214 valence electrons. The summed E-state index contributed by atoms with van der Waals surface area (Å²) in [7, 11) is 0. The highest BCUT2D eigenvalue weighted by Crippen LogP contribution is 2.28. The number of carbonyl (C=O) groups is 1. The predicted molar refractivity (Wildman–Crippen MR) is 160 cm³/mol. The standard InChI is InChI=1S/C29H31N7O3.C2H6/c1-20-5-3-6-22(31-20)19-36-25-8-4-7-24(28(25)21(2)33-36)32-29(37)26-18-30-27-17-23(9-10-35(26)27)39-16-13-34-11-14-38-15-12-34;1-2/h3-10,17-18H,11-16,19H2,1-2H3,(H,32,37);1-2H3. The van der Waals surface area contributed by atoms with Crippen LogP contribution in [0.4, 0.5) is 5.69 Å². The number of carbonyl (C=O) groups excluding carboxylic acids is 1. The van der Waals surface area contributed by atoms with Crippen molar-refractivity contribution in [2.75, 3.05) is 44.8 Å². The van der Waals surface area contributed by atoms with E-state index in [0.717, 1.165) is 66.6 Å². The Morgan fingerprint density at radius 3 is 2.68 bits per heavy atom. The minimum absolute atomic E-state index is 0.247. The van der Waals surface area contributed by atoms with E-state index in [1.807, 2.05) is 87.1 Å². The minimum Gasteiger partial charge on any atom is -0.492 e. The van der Waals surface area contributed by atoms with Crippen molar-refractivity contribution in [3.63, 3.8) is 0 Å². The smallest absolute Gasteiger partial charge is 0.274 e. The number of aryl methyl sites for hydroxylation is 2. The quantitative estimate of drug-likeness (QED) is 0.295. The molecular formula is C31H37N7O3. The summed E-state index contributed by atoms with van der Waals surface area (Å²) in [5, 5.41) is 8.73. The molecule has 1 aliphatic heterocycles. The van der Waals surface area contributed by atoms with Gasteiger partial charge in [0, 0.05) is 43.0 Å². The zero-order chi connectivity index (χ0) is 28.8. The highest BCUT2D eigenvalue weighted by Gasteiger charge is 2.18. The Morgan fingerprint density at radius 1 is 1.07 bits per heavy atom. The number of nitrogens with zero attached hydrogens (tertiary/aromatic N) is 6. The summed E-state index contributed by atoms with van der Waals surface area (Å²) in [6, 6.07) is 15.5.